The van der Waals surface area contributed by atoms with E-state index >= 15 is 4.39 Å². The number of aromatic nitrogens is 4. The maximum Gasteiger partial charge on any atom is 0.287 e. The van der Waals surface area contributed by atoms with E-state index in [1.54, 1.807) is 0 Å². The van der Waals surface area contributed by atoms with Crippen molar-refractivity contribution < 1.29 is 45.3 Å². The van der Waals surface area contributed by atoms with Crippen molar-refractivity contribution in [3.8, 4) is 0 Å². The number of rotatable bonds is 11. The van der Waals surface area contributed by atoms with Gasteiger partial charge in [0.1, 0.15) is 17.0 Å². The second-order valence-electron chi connectivity index (χ2n) is 10.7. The molecule has 1 unspecified atom stereocenters. The van der Waals surface area contributed by atoms with Gasteiger partial charge in [-0.15, -0.1) is 0 Å². The SMILES string of the molecule is COC[C@H](C(=O)NC(F)C(F)F)c1ccc2[nH]c([C@@H](NC(=O)c3nonc3C3CC3)C3CCC(F)(F)CC3)nc2c1F. The molecule has 2 fully saturated rings. The zero-order chi connectivity index (χ0) is 30.2. The van der Waals surface area contributed by atoms with Gasteiger partial charge in [-0.3, -0.25) is 9.59 Å². The lowest BCUT2D eigenvalue weighted by atomic mass is 9.81. The Kier molecular flexibility index (Phi) is 8.44. The number of carbonyl (C=O) groups is 2. The zero-order valence-corrected chi connectivity index (χ0v) is 22.3. The first-order chi connectivity index (χ1) is 20.0. The Morgan fingerprint density at radius 1 is 1.12 bits per heavy atom. The van der Waals surface area contributed by atoms with Crippen LogP contribution in [0, 0.1) is 11.7 Å². The van der Waals surface area contributed by atoms with E-state index in [0.29, 0.717) is 5.69 Å². The molecule has 0 spiro atoms. The highest BCUT2D eigenvalue weighted by molar-refractivity contribution is 5.93. The highest BCUT2D eigenvalue weighted by Gasteiger charge is 2.41. The lowest BCUT2D eigenvalue weighted by Gasteiger charge is -2.33. The summed E-state index contributed by atoms with van der Waals surface area (Å²) in [4.78, 5) is 33.0. The average molecular weight is 603 g/mol. The quantitative estimate of drug-likeness (QED) is 0.215. The van der Waals surface area contributed by atoms with Gasteiger partial charge in [-0.1, -0.05) is 11.2 Å². The zero-order valence-electron chi connectivity index (χ0n) is 22.3. The molecule has 5 rings (SSSR count). The number of hydrogen-bond acceptors (Lipinski definition) is 7. The van der Waals surface area contributed by atoms with E-state index in [-0.39, 0.29) is 46.9 Å². The summed E-state index contributed by atoms with van der Waals surface area (Å²) in [7, 11) is 1.20. The van der Waals surface area contributed by atoms with Gasteiger partial charge in [0.25, 0.3) is 12.3 Å². The second-order valence-corrected chi connectivity index (χ2v) is 10.7. The minimum atomic E-state index is -3.49. The summed E-state index contributed by atoms with van der Waals surface area (Å²) in [5, 5.41) is 11.8. The van der Waals surface area contributed by atoms with Crippen molar-refractivity contribution in [3.63, 3.8) is 0 Å². The van der Waals surface area contributed by atoms with Gasteiger partial charge >= 0.3 is 0 Å². The molecule has 0 radical (unpaired) electrons. The summed E-state index contributed by atoms with van der Waals surface area (Å²) >= 11 is 0. The highest BCUT2D eigenvalue weighted by Crippen LogP contribution is 2.43. The molecule has 0 bridgehead atoms. The summed E-state index contributed by atoms with van der Waals surface area (Å²) < 4.78 is 92.2. The normalized spacial score (nSPS) is 19.5. The second kappa shape index (κ2) is 11.9. The number of aromatic amines is 1. The maximum absolute atomic E-state index is 15.8. The summed E-state index contributed by atoms with van der Waals surface area (Å²) in [6.45, 7) is -0.453. The van der Waals surface area contributed by atoms with Crippen LogP contribution in [0.4, 0.5) is 26.3 Å². The van der Waals surface area contributed by atoms with Gasteiger partial charge in [0, 0.05) is 31.4 Å². The Morgan fingerprint density at radius 2 is 1.83 bits per heavy atom. The van der Waals surface area contributed by atoms with Gasteiger partial charge < -0.3 is 20.4 Å². The van der Waals surface area contributed by atoms with Gasteiger partial charge in [-0.25, -0.2) is 36.0 Å². The Balaban J connectivity index is 1.47. The number of carbonyl (C=O) groups excluding carboxylic acids is 2. The number of nitrogens with one attached hydrogen (secondary N) is 3. The molecule has 3 aromatic rings. The molecule has 1 aromatic carbocycles. The monoisotopic (exact) mass is 602 g/mol. The van der Waals surface area contributed by atoms with Gasteiger partial charge in [0.2, 0.25) is 18.1 Å². The predicted octanol–water partition coefficient (Wildman–Crippen LogP) is 4.67. The Labute approximate surface area is 234 Å². The third-order valence-corrected chi connectivity index (χ3v) is 7.68. The van der Waals surface area contributed by atoms with Crippen molar-refractivity contribution in [2.75, 3.05) is 13.7 Å². The number of hydrogen-bond donors (Lipinski definition) is 3. The third-order valence-electron chi connectivity index (χ3n) is 7.68. The molecule has 10 nitrogen and oxygen atoms in total. The Hall–Kier alpha value is -3.69. The largest absolute Gasteiger partial charge is 0.384 e. The molecular formula is C26H28F6N6O4. The van der Waals surface area contributed by atoms with Crippen LogP contribution in [0.15, 0.2) is 16.8 Å². The summed E-state index contributed by atoms with van der Waals surface area (Å²) in [5.41, 5.74) is -0.0321. The van der Waals surface area contributed by atoms with Crippen LogP contribution in [0.25, 0.3) is 11.0 Å². The molecule has 42 heavy (non-hydrogen) atoms. The molecule has 2 amide bonds. The van der Waals surface area contributed by atoms with Crippen LogP contribution in [0.1, 0.15) is 84.0 Å². The number of benzene rings is 1. The number of alkyl halides is 5. The van der Waals surface area contributed by atoms with Gasteiger partial charge in [-0.05, 0) is 42.8 Å². The van der Waals surface area contributed by atoms with E-state index in [0.717, 1.165) is 12.8 Å². The molecule has 0 aliphatic heterocycles. The fraction of sp³-hybridized carbons (Fsp3) is 0.577. The number of imidazole rings is 1. The van der Waals surface area contributed by atoms with Crippen LogP contribution < -0.4 is 10.6 Å². The van der Waals surface area contributed by atoms with Crippen LogP contribution in [0.5, 0.6) is 0 Å². The molecule has 3 N–H and O–H groups in total. The van der Waals surface area contributed by atoms with Crippen LogP contribution >= 0.6 is 0 Å². The van der Waals surface area contributed by atoms with Gasteiger partial charge in [0.05, 0.1) is 24.1 Å². The summed E-state index contributed by atoms with van der Waals surface area (Å²) in [6.07, 6.45) is -5.56. The van der Waals surface area contributed by atoms with Crippen molar-refractivity contribution in [2.45, 2.75) is 75.0 Å². The van der Waals surface area contributed by atoms with Crippen molar-refractivity contribution in [2.24, 2.45) is 5.92 Å². The van der Waals surface area contributed by atoms with Gasteiger partial charge in [-0.2, -0.15) is 0 Å². The molecular weight excluding hydrogens is 574 g/mol. The molecule has 228 valence electrons. The summed E-state index contributed by atoms with van der Waals surface area (Å²) in [5.74, 6) is -7.61. The molecule has 16 heteroatoms. The van der Waals surface area contributed by atoms with Crippen molar-refractivity contribution >= 4 is 22.8 Å². The fourth-order valence-corrected chi connectivity index (χ4v) is 5.26. The first-order valence-electron chi connectivity index (χ1n) is 13.4. The van der Waals surface area contributed by atoms with E-state index in [1.165, 1.54) is 24.6 Å². The van der Waals surface area contributed by atoms with E-state index in [1.807, 2.05) is 0 Å². The summed E-state index contributed by atoms with van der Waals surface area (Å²) in [6, 6.07) is 1.63. The smallest absolute Gasteiger partial charge is 0.287 e. The fourth-order valence-electron chi connectivity index (χ4n) is 5.26. The molecule has 0 saturated heterocycles. The molecule has 2 aliphatic rings. The molecule has 2 aromatic heterocycles. The lowest BCUT2D eigenvalue weighted by Crippen LogP contribution is -2.40. The molecule has 2 saturated carbocycles. The number of nitrogens with zero attached hydrogens (tertiary/aromatic N) is 3. The van der Waals surface area contributed by atoms with E-state index in [2.05, 4.69) is 25.6 Å². The molecule has 2 aliphatic carbocycles. The topological polar surface area (TPSA) is 135 Å². The van der Waals surface area contributed by atoms with Crippen LogP contribution in [-0.2, 0) is 9.53 Å². The molecule has 2 heterocycles. The van der Waals surface area contributed by atoms with Crippen molar-refractivity contribution in [1.82, 2.24) is 30.9 Å². The highest BCUT2D eigenvalue weighted by atomic mass is 19.3. The minimum Gasteiger partial charge on any atom is -0.384 e. The van der Waals surface area contributed by atoms with Crippen molar-refractivity contribution in [3.05, 3.63) is 40.7 Å². The first-order valence-corrected chi connectivity index (χ1v) is 13.4. The lowest BCUT2D eigenvalue weighted by molar-refractivity contribution is -0.127. The van der Waals surface area contributed by atoms with E-state index in [4.69, 9.17) is 9.37 Å². The average Bonchev–Trinajstić information content (AvgIpc) is 3.49. The standard InChI is InChI=1S/C26H28F6N6O4/c1-41-10-14(24(39)36-22(30)21(28)29)13-4-5-15-19(16(13)27)34-23(33-15)18(12-6-8-26(31,32)9-7-12)35-25(40)20-17(11-2-3-11)37-42-38-20/h4-5,11-12,14,18,21-22H,2-3,6-10H2,1H3,(H,33,34)(H,35,40)(H,36,39)/t14-,18-,22?/m0/s1. The minimum absolute atomic E-state index is 0.0309. The number of fused-ring (bicyclic) bond motifs is 1. The molecule has 3 atom stereocenters. The van der Waals surface area contributed by atoms with Crippen LogP contribution in [-0.4, -0.2) is 64.5 Å². The van der Waals surface area contributed by atoms with Crippen LogP contribution in [0.2, 0.25) is 0 Å². The number of halogens is 6. The van der Waals surface area contributed by atoms with Gasteiger partial charge in [0.15, 0.2) is 11.5 Å². The van der Waals surface area contributed by atoms with Crippen LogP contribution in [0.3, 0.4) is 0 Å². The Bertz CT molecular complexity index is 1430. The van der Waals surface area contributed by atoms with Crippen molar-refractivity contribution in [1.29, 1.82) is 0 Å². The predicted molar refractivity (Wildman–Crippen MR) is 133 cm³/mol. The number of ether oxygens (including phenoxy) is 1. The first kappa shape index (κ1) is 29.8. The third kappa shape index (κ3) is 6.22. The number of H-pyrrole nitrogens is 1. The number of amides is 2. The maximum atomic E-state index is 15.8. The number of methoxy groups -OCH3 is 1. The van der Waals surface area contributed by atoms with E-state index in [9.17, 15) is 31.5 Å². The van der Waals surface area contributed by atoms with E-state index < -0.39 is 73.6 Å². The Morgan fingerprint density at radius 3 is 2.48 bits per heavy atom.